The van der Waals surface area contributed by atoms with Crippen LogP contribution in [0.15, 0.2) is 66.1 Å². The minimum absolute atomic E-state index is 0.120. The summed E-state index contributed by atoms with van der Waals surface area (Å²) in [6.45, 7) is 4.02. The van der Waals surface area contributed by atoms with Gasteiger partial charge in [-0.2, -0.15) is 5.10 Å². The topological polar surface area (TPSA) is 118 Å². The van der Waals surface area contributed by atoms with Crippen molar-refractivity contribution in [3.05, 3.63) is 66.9 Å². The summed E-state index contributed by atoms with van der Waals surface area (Å²) < 4.78 is 36.6. The number of benzene rings is 1. The fourth-order valence-corrected chi connectivity index (χ4v) is 5.87. The van der Waals surface area contributed by atoms with Gasteiger partial charge in [0, 0.05) is 29.7 Å². The molecule has 0 saturated heterocycles. The minimum Gasteiger partial charge on any atom is -0.480 e. The standard InChI is InChI=1S/C26H25N7O3S/c1-16(2)32-12-11-20(31-32)21-13-18-14-27-24(22-23(17-9-10-17)28-15-29-26(22)36-3)30-25(18)33(21)37(34,35)19-7-5-4-6-8-19/h4-8,11-17H,9-10H2,1-3H3. The van der Waals surface area contributed by atoms with Gasteiger partial charge in [-0.05, 0) is 51.0 Å². The number of ether oxygens (including phenoxy) is 1. The molecule has 5 aromatic rings. The quantitative estimate of drug-likeness (QED) is 0.312. The first-order chi connectivity index (χ1) is 17.9. The van der Waals surface area contributed by atoms with Gasteiger partial charge >= 0.3 is 0 Å². The van der Waals surface area contributed by atoms with E-state index in [2.05, 4.69) is 20.1 Å². The molecule has 0 radical (unpaired) electrons. The molecular weight excluding hydrogens is 490 g/mol. The Morgan fingerprint density at radius 2 is 1.84 bits per heavy atom. The van der Waals surface area contributed by atoms with Gasteiger partial charge in [-0.1, -0.05) is 18.2 Å². The Bertz CT molecular complexity index is 1720. The van der Waals surface area contributed by atoms with Crippen LogP contribution in [0.4, 0.5) is 0 Å². The molecule has 0 atom stereocenters. The number of hydrogen-bond acceptors (Lipinski definition) is 8. The molecule has 1 aromatic carbocycles. The van der Waals surface area contributed by atoms with Crippen molar-refractivity contribution in [3.8, 4) is 28.7 Å². The van der Waals surface area contributed by atoms with Crippen LogP contribution in [-0.2, 0) is 10.0 Å². The third-order valence-corrected chi connectivity index (χ3v) is 8.12. The van der Waals surface area contributed by atoms with Gasteiger partial charge in [0.05, 0.1) is 23.4 Å². The molecule has 1 saturated carbocycles. The summed E-state index contributed by atoms with van der Waals surface area (Å²) in [5.41, 5.74) is 2.57. The molecule has 0 amide bonds. The first-order valence-electron chi connectivity index (χ1n) is 12.0. The van der Waals surface area contributed by atoms with E-state index in [9.17, 15) is 8.42 Å². The van der Waals surface area contributed by atoms with E-state index in [0.717, 1.165) is 18.5 Å². The average Bonchev–Trinajstić information content (AvgIpc) is 3.50. The second kappa shape index (κ2) is 8.77. The predicted molar refractivity (Wildman–Crippen MR) is 138 cm³/mol. The van der Waals surface area contributed by atoms with E-state index in [1.165, 1.54) is 17.4 Å². The normalized spacial score (nSPS) is 13.9. The third-order valence-electron chi connectivity index (χ3n) is 6.40. The molecule has 188 valence electrons. The Hall–Kier alpha value is -4.12. The highest BCUT2D eigenvalue weighted by Crippen LogP contribution is 2.45. The summed E-state index contributed by atoms with van der Waals surface area (Å²) in [7, 11) is -2.49. The number of rotatable bonds is 7. The average molecular weight is 516 g/mol. The zero-order valence-electron chi connectivity index (χ0n) is 20.6. The van der Waals surface area contributed by atoms with Crippen LogP contribution >= 0.6 is 0 Å². The van der Waals surface area contributed by atoms with Crippen molar-refractivity contribution in [3.63, 3.8) is 0 Å². The number of aromatic nitrogens is 7. The van der Waals surface area contributed by atoms with Crippen molar-refractivity contribution in [2.24, 2.45) is 0 Å². The molecule has 0 bridgehead atoms. The van der Waals surface area contributed by atoms with Crippen LogP contribution in [-0.4, -0.2) is 49.2 Å². The molecule has 1 aliphatic carbocycles. The minimum atomic E-state index is -4.03. The SMILES string of the molecule is COc1ncnc(C2CC2)c1-c1ncc2cc(-c3ccn(C(C)C)n3)n(S(=O)(=O)c3ccccc3)c2n1. The van der Waals surface area contributed by atoms with Gasteiger partial charge in [-0.3, -0.25) is 4.68 Å². The smallest absolute Gasteiger partial charge is 0.269 e. The molecule has 6 rings (SSSR count). The second-order valence-corrected chi connectivity index (χ2v) is 11.1. The summed E-state index contributed by atoms with van der Waals surface area (Å²) in [6.07, 6.45) is 6.96. The number of hydrogen-bond donors (Lipinski definition) is 0. The lowest BCUT2D eigenvalue weighted by Gasteiger charge is -2.12. The van der Waals surface area contributed by atoms with Crippen LogP contribution < -0.4 is 4.74 Å². The van der Waals surface area contributed by atoms with Gasteiger partial charge in [0.1, 0.15) is 17.6 Å². The van der Waals surface area contributed by atoms with Crippen molar-refractivity contribution < 1.29 is 13.2 Å². The van der Waals surface area contributed by atoms with Crippen LogP contribution in [0.25, 0.3) is 33.8 Å². The van der Waals surface area contributed by atoms with Gasteiger partial charge < -0.3 is 4.74 Å². The first-order valence-corrected chi connectivity index (χ1v) is 13.5. The first kappa shape index (κ1) is 23.3. The summed E-state index contributed by atoms with van der Waals surface area (Å²) in [5.74, 6) is 0.950. The molecule has 0 N–H and O–H groups in total. The van der Waals surface area contributed by atoms with Crippen molar-refractivity contribution in [1.29, 1.82) is 0 Å². The molecule has 0 spiro atoms. The molecule has 37 heavy (non-hydrogen) atoms. The van der Waals surface area contributed by atoms with Crippen LogP contribution in [0, 0.1) is 0 Å². The lowest BCUT2D eigenvalue weighted by Crippen LogP contribution is -2.15. The highest BCUT2D eigenvalue weighted by molar-refractivity contribution is 7.90. The molecule has 1 fully saturated rings. The summed E-state index contributed by atoms with van der Waals surface area (Å²) >= 11 is 0. The fourth-order valence-electron chi connectivity index (χ4n) is 4.38. The Labute approximate surface area is 214 Å². The Morgan fingerprint density at radius 1 is 1.05 bits per heavy atom. The third kappa shape index (κ3) is 3.95. The molecule has 10 nitrogen and oxygen atoms in total. The fraction of sp³-hybridized carbons (Fsp3) is 0.269. The van der Waals surface area contributed by atoms with Crippen LogP contribution in [0.2, 0.25) is 0 Å². The van der Waals surface area contributed by atoms with Crippen molar-refractivity contribution >= 4 is 21.1 Å². The number of nitrogens with zero attached hydrogens (tertiary/aromatic N) is 7. The van der Waals surface area contributed by atoms with Gasteiger partial charge in [-0.15, -0.1) is 0 Å². The zero-order valence-corrected chi connectivity index (χ0v) is 21.4. The zero-order chi connectivity index (χ0) is 25.7. The molecule has 0 unspecified atom stereocenters. The van der Waals surface area contributed by atoms with E-state index in [4.69, 9.17) is 9.72 Å². The van der Waals surface area contributed by atoms with Crippen LogP contribution in [0.3, 0.4) is 0 Å². The molecule has 4 aromatic heterocycles. The lowest BCUT2D eigenvalue weighted by molar-refractivity contribution is 0.397. The van der Waals surface area contributed by atoms with Crippen LogP contribution in [0.1, 0.15) is 44.3 Å². The summed E-state index contributed by atoms with van der Waals surface area (Å²) in [6, 6.07) is 12.0. The van der Waals surface area contributed by atoms with Gasteiger partial charge in [-0.25, -0.2) is 32.3 Å². The molecular formula is C26H25N7O3S. The predicted octanol–water partition coefficient (Wildman–Crippen LogP) is 4.46. The Balaban J connectivity index is 1.63. The van der Waals surface area contributed by atoms with E-state index in [-0.39, 0.29) is 22.5 Å². The number of fused-ring (bicyclic) bond motifs is 1. The van der Waals surface area contributed by atoms with E-state index in [0.29, 0.717) is 34.0 Å². The summed E-state index contributed by atoms with van der Waals surface area (Å²) in [4.78, 5) is 18.3. The largest absolute Gasteiger partial charge is 0.480 e. The van der Waals surface area contributed by atoms with Gasteiger partial charge in [0.2, 0.25) is 5.88 Å². The van der Waals surface area contributed by atoms with E-state index in [1.807, 2.05) is 20.0 Å². The van der Waals surface area contributed by atoms with Gasteiger partial charge in [0.15, 0.2) is 11.5 Å². The monoisotopic (exact) mass is 515 g/mol. The maximum Gasteiger partial charge on any atom is 0.269 e. The van der Waals surface area contributed by atoms with E-state index >= 15 is 0 Å². The van der Waals surface area contributed by atoms with E-state index in [1.54, 1.807) is 53.3 Å². The van der Waals surface area contributed by atoms with Crippen molar-refractivity contribution in [2.75, 3.05) is 7.11 Å². The van der Waals surface area contributed by atoms with Gasteiger partial charge in [0.25, 0.3) is 10.0 Å². The Morgan fingerprint density at radius 3 is 2.51 bits per heavy atom. The molecule has 1 aliphatic rings. The van der Waals surface area contributed by atoms with E-state index < -0.39 is 10.0 Å². The highest BCUT2D eigenvalue weighted by Gasteiger charge is 2.32. The second-order valence-electron chi connectivity index (χ2n) is 9.28. The van der Waals surface area contributed by atoms with Crippen molar-refractivity contribution in [1.82, 2.24) is 33.7 Å². The lowest BCUT2D eigenvalue weighted by atomic mass is 10.1. The maximum absolute atomic E-state index is 14.0. The van der Waals surface area contributed by atoms with Crippen LogP contribution in [0.5, 0.6) is 5.88 Å². The molecule has 0 aliphatic heterocycles. The van der Waals surface area contributed by atoms with Crippen molar-refractivity contribution in [2.45, 2.75) is 43.5 Å². The summed E-state index contributed by atoms with van der Waals surface area (Å²) in [5, 5.41) is 5.21. The Kier molecular flexibility index (Phi) is 5.52. The number of methoxy groups -OCH3 is 1. The highest BCUT2D eigenvalue weighted by atomic mass is 32.2. The maximum atomic E-state index is 14.0. The molecule has 4 heterocycles. The molecule has 11 heteroatoms.